The number of carbonyl (C=O) groups excluding carboxylic acids is 2. The van der Waals surface area contributed by atoms with Gasteiger partial charge in [0.2, 0.25) is 11.8 Å². The fourth-order valence-electron chi connectivity index (χ4n) is 3.87. The first-order valence-corrected chi connectivity index (χ1v) is 11.1. The maximum atomic E-state index is 13.0. The molecule has 166 valence electrons. The van der Waals surface area contributed by atoms with Crippen LogP contribution >= 0.6 is 11.6 Å². The van der Waals surface area contributed by atoms with Crippen molar-refractivity contribution < 1.29 is 9.59 Å². The summed E-state index contributed by atoms with van der Waals surface area (Å²) in [6, 6.07) is 13.1. The van der Waals surface area contributed by atoms with Crippen LogP contribution in [0.4, 0.5) is 11.4 Å². The summed E-state index contributed by atoms with van der Waals surface area (Å²) in [5, 5.41) is 6.49. The summed E-state index contributed by atoms with van der Waals surface area (Å²) >= 11 is 6.24. The summed E-state index contributed by atoms with van der Waals surface area (Å²) in [7, 11) is 0. The molecule has 31 heavy (non-hydrogen) atoms. The van der Waals surface area contributed by atoms with Gasteiger partial charge in [0.1, 0.15) is 0 Å². The predicted molar refractivity (Wildman–Crippen MR) is 127 cm³/mol. The van der Waals surface area contributed by atoms with E-state index < -0.39 is 6.04 Å². The number of carbonyl (C=O) groups is 2. The number of aryl methyl sites for hydroxylation is 1. The Morgan fingerprint density at radius 1 is 1.06 bits per heavy atom. The highest BCUT2D eigenvalue weighted by molar-refractivity contribution is 6.31. The van der Waals surface area contributed by atoms with Gasteiger partial charge in [-0.05, 0) is 37.2 Å². The zero-order valence-electron chi connectivity index (χ0n) is 18.5. The standard InChI is InChI=1S/C24H31ClN4O2/c1-4-28-11-13-29(14-12-28)23-10-9-20(25)15-22(23)27-24(31)16-21(26-18(3)30)19-7-5-17(2)6-8-19/h5-10,15,21H,4,11-14,16H2,1-3H3,(H,26,30)(H,27,31). The van der Waals surface area contributed by atoms with Crippen molar-refractivity contribution in [1.82, 2.24) is 10.2 Å². The first kappa shape index (κ1) is 23.1. The van der Waals surface area contributed by atoms with Crippen LogP contribution in [-0.4, -0.2) is 49.4 Å². The molecule has 0 radical (unpaired) electrons. The Kier molecular flexibility index (Phi) is 7.93. The van der Waals surface area contributed by atoms with Gasteiger partial charge in [0, 0.05) is 38.1 Å². The minimum atomic E-state index is -0.395. The Bertz CT molecular complexity index is 908. The van der Waals surface area contributed by atoms with E-state index in [2.05, 4.69) is 27.4 Å². The molecule has 0 spiro atoms. The average molecular weight is 443 g/mol. The average Bonchev–Trinajstić information content (AvgIpc) is 2.74. The number of nitrogens with zero attached hydrogens (tertiary/aromatic N) is 2. The normalized spacial score (nSPS) is 15.4. The van der Waals surface area contributed by atoms with Gasteiger partial charge < -0.3 is 20.4 Å². The summed E-state index contributed by atoms with van der Waals surface area (Å²) in [5.41, 5.74) is 3.70. The molecule has 2 aromatic rings. The van der Waals surface area contributed by atoms with Crippen LogP contribution in [0.5, 0.6) is 0 Å². The molecular formula is C24H31ClN4O2. The Hall–Kier alpha value is -2.57. The number of anilines is 2. The van der Waals surface area contributed by atoms with Crippen LogP contribution in [-0.2, 0) is 9.59 Å². The molecule has 1 unspecified atom stereocenters. The lowest BCUT2D eigenvalue weighted by molar-refractivity contribution is -0.120. The van der Waals surface area contributed by atoms with Gasteiger partial charge in [-0.2, -0.15) is 0 Å². The van der Waals surface area contributed by atoms with Crippen molar-refractivity contribution >= 4 is 34.8 Å². The molecule has 0 aromatic heterocycles. The van der Waals surface area contributed by atoms with Crippen molar-refractivity contribution in [2.24, 2.45) is 0 Å². The number of hydrogen-bond donors (Lipinski definition) is 2. The second-order valence-corrected chi connectivity index (χ2v) is 8.44. The number of nitrogens with one attached hydrogen (secondary N) is 2. The Morgan fingerprint density at radius 2 is 1.74 bits per heavy atom. The molecule has 1 heterocycles. The van der Waals surface area contributed by atoms with E-state index in [4.69, 9.17) is 11.6 Å². The lowest BCUT2D eigenvalue weighted by atomic mass is 10.0. The maximum absolute atomic E-state index is 13.0. The van der Waals surface area contributed by atoms with Crippen LogP contribution in [0, 0.1) is 6.92 Å². The van der Waals surface area contributed by atoms with Gasteiger partial charge in [-0.25, -0.2) is 0 Å². The van der Waals surface area contributed by atoms with Gasteiger partial charge in [-0.1, -0.05) is 48.4 Å². The van der Waals surface area contributed by atoms with E-state index in [1.54, 1.807) is 6.07 Å². The molecule has 1 aliphatic heterocycles. The number of rotatable bonds is 7. The molecule has 1 aliphatic rings. The Labute approximate surface area is 189 Å². The quantitative estimate of drug-likeness (QED) is 0.680. The van der Waals surface area contributed by atoms with Crippen molar-refractivity contribution in [3.8, 4) is 0 Å². The fraction of sp³-hybridized carbons (Fsp3) is 0.417. The van der Waals surface area contributed by atoms with Gasteiger partial charge in [0.15, 0.2) is 0 Å². The predicted octanol–water partition coefficient (Wildman–Crippen LogP) is 4.00. The van der Waals surface area contributed by atoms with Crippen molar-refractivity contribution in [3.63, 3.8) is 0 Å². The number of amides is 2. The number of likely N-dealkylation sites (N-methyl/N-ethyl adjacent to an activating group) is 1. The monoisotopic (exact) mass is 442 g/mol. The van der Waals surface area contributed by atoms with E-state index in [0.717, 1.165) is 49.5 Å². The zero-order chi connectivity index (χ0) is 22.4. The Morgan fingerprint density at radius 3 is 2.35 bits per heavy atom. The molecule has 2 amide bonds. The van der Waals surface area contributed by atoms with Crippen LogP contribution in [0.15, 0.2) is 42.5 Å². The van der Waals surface area contributed by atoms with Gasteiger partial charge in [0.25, 0.3) is 0 Å². The minimum absolute atomic E-state index is 0.137. The number of piperazine rings is 1. The molecule has 0 aliphatic carbocycles. The number of halogens is 1. The maximum Gasteiger partial charge on any atom is 0.226 e. The van der Waals surface area contributed by atoms with E-state index in [9.17, 15) is 9.59 Å². The summed E-state index contributed by atoms with van der Waals surface area (Å²) in [6.07, 6.45) is 0.137. The largest absolute Gasteiger partial charge is 0.367 e. The number of hydrogen-bond acceptors (Lipinski definition) is 4. The molecule has 2 N–H and O–H groups in total. The van der Waals surface area contributed by atoms with Crippen LogP contribution < -0.4 is 15.5 Å². The highest BCUT2D eigenvalue weighted by atomic mass is 35.5. The lowest BCUT2D eigenvalue weighted by Gasteiger charge is -2.36. The van der Waals surface area contributed by atoms with Gasteiger partial charge in [-0.15, -0.1) is 0 Å². The minimum Gasteiger partial charge on any atom is -0.367 e. The van der Waals surface area contributed by atoms with Crippen LogP contribution in [0.25, 0.3) is 0 Å². The van der Waals surface area contributed by atoms with Gasteiger partial charge in [0.05, 0.1) is 23.8 Å². The zero-order valence-corrected chi connectivity index (χ0v) is 19.2. The molecule has 7 heteroatoms. The van der Waals surface area contributed by atoms with E-state index in [1.165, 1.54) is 6.92 Å². The van der Waals surface area contributed by atoms with Crippen LogP contribution in [0.1, 0.15) is 37.4 Å². The summed E-state index contributed by atoms with van der Waals surface area (Å²) in [6.45, 7) is 10.5. The van der Waals surface area contributed by atoms with Crippen LogP contribution in [0.2, 0.25) is 5.02 Å². The second-order valence-electron chi connectivity index (χ2n) is 8.00. The summed E-state index contributed by atoms with van der Waals surface area (Å²) in [4.78, 5) is 29.4. The molecule has 0 saturated carbocycles. The smallest absolute Gasteiger partial charge is 0.226 e. The number of benzene rings is 2. The third kappa shape index (κ3) is 6.45. The van der Waals surface area contributed by atoms with Gasteiger partial charge in [-0.3, -0.25) is 9.59 Å². The second kappa shape index (κ2) is 10.6. The third-order valence-corrected chi connectivity index (χ3v) is 5.87. The first-order chi connectivity index (χ1) is 14.9. The molecule has 1 fully saturated rings. The van der Waals surface area contributed by atoms with E-state index in [-0.39, 0.29) is 18.2 Å². The summed E-state index contributed by atoms with van der Waals surface area (Å²) < 4.78 is 0. The van der Waals surface area contributed by atoms with Crippen LogP contribution in [0.3, 0.4) is 0 Å². The lowest BCUT2D eigenvalue weighted by Crippen LogP contribution is -2.46. The molecule has 6 nitrogen and oxygen atoms in total. The topological polar surface area (TPSA) is 64.7 Å². The van der Waals surface area contributed by atoms with Crippen molar-refractivity contribution in [2.45, 2.75) is 33.2 Å². The molecule has 1 atom stereocenters. The third-order valence-electron chi connectivity index (χ3n) is 5.64. The molecule has 0 bridgehead atoms. The first-order valence-electron chi connectivity index (χ1n) is 10.8. The van der Waals surface area contributed by atoms with E-state index >= 15 is 0 Å². The fourth-order valence-corrected chi connectivity index (χ4v) is 4.04. The molecule has 1 saturated heterocycles. The molecular weight excluding hydrogens is 412 g/mol. The highest BCUT2D eigenvalue weighted by Crippen LogP contribution is 2.31. The van der Waals surface area contributed by atoms with Crippen molar-refractivity contribution in [2.75, 3.05) is 42.9 Å². The molecule has 2 aromatic carbocycles. The summed E-state index contributed by atoms with van der Waals surface area (Å²) in [5.74, 6) is -0.342. The van der Waals surface area contributed by atoms with Crippen molar-refractivity contribution in [1.29, 1.82) is 0 Å². The molecule has 3 rings (SSSR count). The van der Waals surface area contributed by atoms with E-state index in [1.807, 2.05) is 43.3 Å². The SMILES string of the molecule is CCN1CCN(c2ccc(Cl)cc2NC(=O)CC(NC(C)=O)c2ccc(C)cc2)CC1. The highest BCUT2D eigenvalue weighted by Gasteiger charge is 2.21. The Balaban J connectivity index is 1.74. The van der Waals surface area contributed by atoms with Crippen molar-refractivity contribution in [3.05, 3.63) is 58.6 Å². The van der Waals surface area contributed by atoms with E-state index in [0.29, 0.717) is 10.7 Å². The van der Waals surface area contributed by atoms with Gasteiger partial charge >= 0.3 is 0 Å².